The van der Waals surface area contributed by atoms with Gasteiger partial charge in [-0.2, -0.15) is 0 Å². The highest BCUT2D eigenvalue weighted by Gasteiger charge is 2.17. The average molecular weight is 286 g/mol. The maximum absolute atomic E-state index is 12.1. The second-order valence-electron chi connectivity index (χ2n) is 5.88. The number of halogens is 2. The molecule has 0 amide bonds. The highest BCUT2D eigenvalue weighted by atomic mass is 19.3. The number of hydrogen-bond acceptors (Lipinski definition) is 3. The smallest absolute Gasteiger partial charge is 0.272 e. The third-order valence-electron chi connectivity index (χ3n) is 2.83. The molecule has 0 aliphatic heterocycles. The normalized spacial score (nSPS) is 13.6. The van der Waals surface area contributed by atoms with E-state index in [-0.39, 0.29) is 11.6 Å². The molecule has 0 spiro atoms. The monoisotopic (exact) mass is 286 g/mol. The van der Waals surface area contributed by atoms with E-state index in [4.69, 9.17) is 10.5 Å². The van der Waals surface area contributed by atoms with Crippen molar-refractivity contribution in [3.05, 3.63) is 29.3 Å². The van der Waals surface area contributed by atoms with Crippen molar-refractivity contribution in [2.75, 3.05) is 6.61 Å². The van der Waals surface area contributed by atoms with Crippen LogP contribution in [0.2, 0.25) is 0 Å². The molecule has 0 bridgehead atoms. The SMILES string of the molecule is CC(NC(C)(C)C)c1ccc(OCC(F)F)cc1CN. The number of alkyl halides is 2. The molecule has 0 fully saturated rings. The van der Waals surface area contributed by atoms with Gasteiger partial charge in [0.15, 0.2) is 0 Å². The van der Waals surface area contributed by atoms with Crippen LogP contribution in [0.25, 0.3) is 0 Å². The van der Waals surface area contributed by atoms with Gasteiger partial charge in [0, 0.05) is 18.1 Å². The van der Waals surface area contributed by atoms with Crippen LogP contribution >= 0.6 is 0 Å². The van der Waals surface area contributed by atoms with Gasteiger partial charge in [-0.15, -0.1) is 0 Å². The van der Waals surface area contributed by atoms with E-state index in [1.165, 1.54) is 0 Å². The lowest BCUT2D eigenvalue weighted by atomic mass is 9.98. The standard InChI is InChI=1S/C15H24F2N2O/c1-10(19-15(2,3)4)13-6-5-12(7-11(13)8-18)20-9-14(16)17/h5-7,10,14,19H,8-9,18H2,1-4H3. The van der Waals surface area contributed by atoms with E-state index in [2.05, 4.69) is 33.0 Å². The van der Waals surface area contributed by atoms with Crippen molar-refractivity contribution < 1.29 is 13.5 Å². The summed E-state index contributed by atoms with van der Waals surface area (Å²) in [4.78, 5) is 0. The first-order valence-corrected chi connectivity index (χ1v) is 6.74. The van der Waals surface area contributed by atoms with Gasteiger partial charge in [0.1, 0.15) is 12.4 Å². The number of benzene rings is 1. The van der Waals surface area contributed by atoms with Gasteiger partial charge in [-0.05, 0) is 51.0 Å². The molecule has 1 rings (SSSR count). The van der Waals surface area contributed by atoms with Crippen molar-refractivity contribution in [2.45, 2.75) is 52.2 Å². The summed E-state index contributed by atoms with van der Waals surface area (Å²) in [6, 6.07) is 5.44. The van der Waals surface area contributed by atoms with Crippen molar-refractivity contribution in [2.24, 2.45) is 5.73 Å². The zero-order valence-electron chi connectivity index (χ0n) is 12.5. The fraction of sp³-hybridized carbons (Fsp3) is 0.600. The highest BCUT2D eigenvalue weighted by Crippen LogP contribution is 2.24. The molecule has 1 aromatic rings. The van der Waals surface area contributed by atoms with E-state index in [9.17, 15) is 8.78 Å². The van der Waals surface area contributed by atoms with Crippen molar-refractivity contribution in [3.8, 4) is 5.75 Å². The molecule has 0 saturated carbocycles. The van der Waals surface area contributed by atoms with Crippen LogP contribution in [-0.2, 0) is 6.54 Å². The summed E-state index contributed by atoms with van der Waals surface area (Å²) in [5.74, 6) is 0.428. The Balaban J connectivity index is 2.87. The molecule has 3 N–H and O–H groups in total. The predicted octanol–water partition coefficient (Wildman–Crippen LogP) is 3.24. The van der Waals surface area contributed by atoms with E-state index >= 15 is 0 Å². The first-order valence-electron chi connectivity index (χ1n) is 6.74. The molecule has 3 nitrogen and oxygen atoms in total. The van der Waals surface area contributed by atoms with E-state index < -0.39 is 13.0 Å². The van der Waals surface area contributed by atoms with Gasteiger partial charge in [-0.25, -0.2) is 8.78 Å². The molecule has 1 atom stereocenters. The van der Waals surface area contributed by atoms with Crippen LogP contribution in [0.3, 0.4) is 0 Å². The third-order valence-corrected chi connectivity index (χ3v) is 2.83. The topological polar surface area (TPSA) is 47.3 Å². The van der Waals surface area contributed by atoms with Gasteiger partial charge < -0.3 is 15.8 Å². The van der Waals surface area contributed by atoms with Gasteiger partial charge >= 0.3 is 0 Å². The summed E-state index contributed by atoms with van der Waals surface area (Å²) >= 11 is 0. The second-order valence-corrected chi connectivity index (χ2v) is 5.88. The number of rotatable bonds is 6. The molecule has 0 aliphatic rings. The molecule has 0 aliphatic carbocycles. The molecule has 0 aromatic heterocycles. The van der Waals surface area contributed by atoms with E-state index in [0.717, 1.165) is 11.1 Å². The Labute approximate surface area is 119 Å². The van der Waals surface area contributed by atoms with Gasteiger partial charge in [0.05, 0.1) is 0 Å². The first kappa shape index (κ1) is 16.9. The van der Waals surface area contributed by atoms with Crippen LogP contribution in [0.4, 0.5) is 8.78 Å². The molecule has 0 saturated heterocycles. The Bertz CT molecular complexity index is 430. The highest BCUT2D eigenvalue weighted by molar-refractivity contribution is 5.37. The fourth-order valence-electron chi connectivity index (χ4n) is 2.16. The lowest BCUT2D eigenvalue weighted by Gasteiger charge is -2.27. The molecule has 5 heteroatoms. The minimum atomic E-state index is -2.47. The van der Waals surface area contributed by atoms with E-state index in [0.29, 0.717) is 12.3 Å². The summed E-state index contributed by atoms with van der Waals surface area (Å²) in [5, 5.41) is 3.46. The van der Waals surface area contributed by atoms with Crippen LogP contribution in [0.1, 0.15) is 44.9 Å². The van der Waals surface area contributed by atoms with Crippen molar-refractivity contribution in [1.29, 1.82) is 0 Å². The number of ether oxygens (including phenoxy) is 1. The van der Waals surface area contributed by atoms with Crippen molar-refractivity contribution >= 4 is 0 Å². The quantitative estimate of drug-likeness (QED) is 0.844. The number of hydrogen-bond donors (Lipinski definition) is 2. The summed E-state index contributed by atoms with van der Waals surface area (Å²) < 4.78 is 29.3. The molecule has 1 unspecified atom stereocenters. The Hall–Kier alpha value is -1.20. The molecule has 0 heterocycles. The maximum Gasteiger partial charge on any atom is 0.272 e. The Morgan fingerprint density at radius 1 is 1.30 bits per heavy atom. The van der Waals surface area contributed by atoms with Gasteiger partial charge in [-0.3, -0.25) is 0 Å². The Kier molecular flexibility index (Phi) is 5.89. The van der Waals surface area contributed by atoms with E-state index in [1.54, 1.807) is 12.1 Å². The molecular formula is C15H24F2N2O. The zero-order chi connectivity index (χ0) is 15.3. The van der Waals surface area contributed by atoms with Crippen molar-refractivity contribution in [1.82, 2.24) is 5.32 Å². The van der Waals surface area contributed by atoms with Crippen molar-refractivity contribution in [3.63, 3.8) is 0 Å². The lowest BCUT2D eigenvalue weighted by Crippen LogP contribution is -2.38. The van der Waals surface area contributed by atoms with Crippen LogP contribution < -0.4 is 15.8 Å². The average Bonchev–Trinajstić information content (AvgIpc) is 2.33. The van der Waals surface area contributed by atoms with Crippen LogP contribution in [0.15, 0.2) is 18.2 Å². The van der Waals surface area contributed by atoms with Gasteiger partial charge in [0.2, 0.25) is 0 Å². The fourth-order valence-corrected chi connectivity index (χ4v) is 2.16. The summed E-state index contributed by atoms with van der Waals surface area (Å²) in [6.45, 7) is 8.07. The number of nitrogens with two attached hydrogens (primary N) is 1. The minimum Gasteiger partial charge on any atom is -0.488 e. The molecule has 114 valence electrons. The van der Waals surface area contributed by atoms with Crippen LogP contribution in [0, 0.1) is 0 Å². The molecule has 1 aromatic carbocycles. The largest absolute Gasteiger partial charge is 0.488 e. The second kappa shape index (κ2) is 6.99. The van der Waals surface area contributed by atoms with Gasteiger partial charge in [0.25, 0.3) is 6.43 Å². The Morgan fingerprint density at radius 3 is 2.45 bits per heavy atom. The Morgan fingerprint density at radius 2 is 1.95 bits per heavy atom. The van der Waals surface area contributed by atoms with Gasteiger partial charge in [-0.1, -0.05) is 6.07 Å². The lowest BCUT2D eigenvalue weighted by molar-refractivity contribution is 0.0818. The molecular weight excluding hydrogens is 262 g/mol. The van der Waals surface area contributed by atoms with E-state index in [1.807, 2.05) is 6.07 Å². The van der Waals surface area contributed by atoms with Crippen LogP contribution in [-0.4, -0.2) is 18.6 Å². The summed E-state index contributed by atoms with van der Waals surface area (Å²) in [5.41, 5.74) is 7.69. The molecule has 20 heavy (non-hydrogen) atoms. The first-order chi connectivity index (χ1) is 9.23. The molecule has 0 radical (unpaired) electrons. The third kappa shape index (κ3) is 5.43. The summed E-state index contributed by atoms with van der Waals surface area (Å²) in [7, 11) is 0. The number of nitrogens with one attached hydrogen (secondary N) is 1. The maximum atomic E-state index is 12.1. The van der Waals surface area contributed by atoms with Crippen LogP contribution in [0.5, 0.6) is 5.75 Å². The summed E-state index contributed by atoms with van der Waals surface area (Å²) in [6.07, 6.45) is -2.47. The zero-order valence-corrected chi connectivity index (χ0v) is 12.5. The minimum absolute atomic E-state index is 0.0177. The predicted molar refractivity (Wildman–Crippen MR) is 77.1 cm³/mol.